The zero-order valence-corrected chi connectivity index (χ0v) is 15.5. The van der Waals surface area contributed by atoms with E-state index in [0.29, 0.717) is 5.69 Å². The van der Waals surface area contributed by atoms with Gasteiger partial charge in [-0.1, -0.05) is 12.1 Å². The van der Waals surface area contributed by atoms with Crippen molar-refractivity contribution in [1.82, 2.24) is 5.32 Å². The standard InChI is InChI=1S/C19H18N2O5S/c1-12(15-6-3-9-27-15)20-16(22)11-26-19(25)13-4-2-5-14(10-13)21-17(23)7-8-18(21)24/h2-6,9-10,12H,7-8,11H2,1H3,(H,20,22)/t12-/m0/s1. The minimum absolute atomic E-state index is 0.163. The van der Waals surface area contributed by atoms with Crippen molar-refractivity contribution >= 4 is 40.7 Å². The van der Waals surface area contributed by atoms with E-state index in [1.807, 2.05) is 24.4 Å². The molecule has 0 bridgehead atoms. The van der Waals surface area contributed by atoms with Crippen LogP contribution in [0.5, 0.6) is 0 Å². The fourth-order valence-corrected chi connectivity index (χ4v) is 3.48. The van der Waals surface area contributed by atoms with E-state index in [9.17, 15) is 19.2 Å². The number of rotatable bonds is 6. The lowest BCUT2D eigenvalue weighted by atomic mass is 10.2. The Hall–Kier alpha value is -3.00. The minimum atomic E-state index is -0.699. The minimum Gasteiger partial charge on any atom is -0.452 e. The molecule has 1 aromatic carbocycles. The smallest absolute Gasteiger partial charge is 0.338 e. The number of carbonyl (C=O) groups is 4. The van der Waals surface area contributed by atoms with Crippen molar-refractivity contribution in [3.63, 3.8) is 0 Å². The topological polar surface area (TPSA) is 92.8 Å². The molecule has 1 saturated heterocycles. The first-order chi connectivity index (χ1) is 13.0. The summed E-state index contributed by atoms with van der Waals surface area (Å²) in [5.41, 5.74) is 0.492. The summed E-state index contributed by atoms with van der Waals surface area (Å²) in [4.78, 5) is 49.9. The SMILES string of the molecule is C[C@H](NC(=O)COC(=O)c1cccc(N2C(=O)CCC2=O)c1)c1cccs1. The predicted octanol–water partition coefficient (Wildman–Crippen LogP) is 2.44. The number of nitrogens with one attached hydrogen (secondary N) is 1. The molecule has 2 heterocycles. The van der Waals surface area contributed by atoms with Gasteiger partial charge in [0.1, 0.15) is 0 Å². The van der Waals surface area contributed by atoms with Gasteiger partial charge >= 0.3 is 5.97 Å². The van der Waals surface area contributed by atoms with Gasteiger partial charge in [-0.25, -0.2) is 4.79 Å². The van der Waals surface area contributed by atoms with Crippen LogP contribution in [-0.4, -0.2) is 30.3 Å². The third kappa shape index (κ3) is 4.40. The molecule has 3 rings (SSSR count). The average Bonchev–Trinajstić information content (AvgIpc) is 3.30. The molecule has 1 aliphatic heterocycles. The summed E-state index contributed by atoms with van der Waals surface area (Å²) in [6, 6.07) is 9.68. The van der Waals surface area contributed by atoms with Gasteiger partial charge in [-0.2, -0.15) is 0 Å². The second-order valence-electron chi connectivity index (χ2n) is 6.05. The van der Waals surface area contributed by atoms with Crippen LogP contribution in [0.4, 0.5) is 5.69 Å². The van der Waals surface area contributed by atoms with Crippen molar-refractivity contribution in [2.45, 2.75) is 25.8 Å². The van der Waals surface area contributed by atoms with Gasteiger partial charge in [-0.05, 0) is 36.6 Å². The van der Waals surface area contributed by atoms with E-state index in [4.69, 9.17) is 4.74 Å². The number of nitrogens with zero attached hydrogens (tertiary/aromatic N) is 1. The predicted molar refractivity (Wildman–Crippen MR) is 99.3 cm³/mol. The van der Waals surface area contributed by atoms with Crippen molar-refractivity contribution in [3.05, 3.63) is 52.2 Å². The number of anilines is 1. The largest absolute Gasteiger partial charge is 0.452 e. The summed E-state index contributed by atoms with van der Waals surface area (Å²) in [7, 11) is 0. The number of hydrogen-bond acceptors (Lipinski definition) is 6. The monoisotopic (exact) mass is 386 g/mol. The number of carbonyl (C=O) groups excluding carboxylic acids is 4. The van der Waals surface area contributed by atoms with Crippen LogP contribution in [0.15, 0.2) is 41.8 Å². The Labute approximate surface area is 159 Å². The Morgan fingerprint density at radius 1 is 1.19 bits per heavy atom. The first-order valence-electron chi connectivity index (χ1n) is 8.41. The molecule has 0 aliphatic carbocycles. The molecular formula is C19H18N2O5S. The van der Waals surface area contributed by atoms with Crippen LogP contribution in [0.1, 0.15) is 41.0 Å². The molecule has 8 heteroatoms. The van der Waals surface area contributed by atoms with Crippen LogP contribution in [0.25, 0.3) is 0 Å². The molecule has 1 atom stereocenters. The molecule has 0 unspecified atom stereocenters. The lowest BCUT2D eigenvalue weighted by Crippen LogP contribution is -2.31. The number of hydrogen-bond donors (Lipinski definition) is 1. The average molecular weight is 386 g/mol. The van der Waals surface area contributed by atoms with E-state index in [1.165, 1.54) is 23.5 Å². The molecule has 3 amide bonds. The van der Waals surface area contributed by atoms with Gasteiger partial charge in [0.2, 0.25) is 11.8 Å². The molecule has 1 aliphatic rings. The molecule has 1 aromatic heterocycles. The van der Waals surface area contributed by atoms with Crippen LogP contribution in [0, 0.1) is 0 Å². The van der Waals surface area contributed by atoms with Crippen molar-refractivity contribution in [2.24, 2.45) is 0 Å². The lowest BCUT2D eigenvalue weighted by Gasteiger charge is -2.15. The molecule has 1 fully saturated rings. The Balaban J connectivity index is 1.58. The summed E-state index contributed by atoms with van der Waals surface area (Å²) in [6.45, 7) is 1.43. The van der Waals surface area contributed by atoms with Gasteiger partial charge in [-0.15, -0.1) is 11.3 Å². The van der Waals surface area contributed by atoms with Crippen LogP contribution >= 0.6 is 11.3 Å². The Morgan fingerprint density at radius 3 is 2.59 bits per heavy atom. The maximum atomic E-state index is 12.2. The maximum absolute atomic E-state index is 12.2. The lowest BCUT2D eigenvalue weighted by molar-refractivity contribution is -0.125. The van der Waals surface area contributed by atoms with Crippen molar-refractivity contribution in [2.75, 3.05) is 11.5 Å². The van der Waals surface area contributed by atoms with Crippen molar-refractivity contribution in [1.29, 1.82) is 0 Å². The molecule has 0 spiro atoms. The van der Waals surface area contributed by atoms with Crippen LogP contribution < -0.4 is 10.2 Å². The number of benzene rings is 1. The fourth-order valence-electron chi connectivity index (χ4n) is 2.74. The van der Waals surface area contributed by atoms with Crippen LogP contribution in [0.2, 0.25) is 0 Å². The summed E-state index contributed by atoms with van der Waals surface area (Å²) < 4.78 is 5.04. The van der Waals surface area contributed by atoms with Gasteiger partial charge < -0.3 is 10.1 Å². The molecule has 2 aromatic rings. The summed E-state index contributed by atoms with van der Waals surface area (Å²) in [6.07, 6.45) is 0.326. The van der Waals surface area contributed by atoms with E-state index >= 15 is 0 Å². The first-order valence-corrected chi connectivity index (χ1v) is 9.29. The van der Waals surface area contributed by atoms with E-state index in [-0.39, 0.29) is 36.3 Å². The quantitative estimate of drug-likeness (QED) is 0.608. The summed E-state index contributed by atoms with van der Waals surface area (Å²) in [5, 5.41) is 4.67. The van der Waals surface area contributed by atoms with Gasteiger partial charge in [0.25, 0.3) is 5.91 Å². The molecule has 0 saturated carbocycles. The van der Waals surface area contributed by atoms with Gasteiger partial charge in [-0.3, -0.25) is 19.3 Å². The summed E-state index contributed by atoms with van der Waals surface area (Å²) in [5.74, 6) is -1.71. The number of thiophene rings is 1. The molecule has 1 N–H and O–H groups in total. The van der Waals surface area contributed by atoms with E-state index in [1.54, 1.807) is 12.1 Å². The highest BCUT2D eigenvalue weighted by atomic mass is 32.1. The normalized spacial score (nSPS) is 14.9. The van der Waals surface area contributed by atoms with Gasteiger partial charge in [0, 0.05) is 17.7 Å². The zero-order chi connectivity index (χ0) is 19.4. The summed E-state index contributed by atoms with van der Waals surface area (Å²) >= 11 is 1.53. The number of imide groups is 1. The van der Waals surface area contributed by atoms with Crippen molar-refractivity contribution in [3.8, 4) is 0 Å². The fraction of sp³-hybridized carbons (Fsp3) is 0.263. The molecule has 7 nitrogen and oxygen atoms in total. The number of esters is 1. The van der Waals surface area contributed by atoms with Crippen molar-refractivity contribution < 1.29 is 23.9 Å². The zero-order valence-electron chi connectivity index (χ0n) is 14.6. The Bertz CT molecular complexity index is 862. The van der Waals surface area contributed by atoms with Crippen LogP contribution in [-0.2, 0) is 19.1 Å². The second-order valence-corrected chi connectivity index (χ2v) is 7.03. The van der Waals surface area contributed by atoms with E-state index < -0.39 is 18.5 Å². The molecule has 140 valence electrons. The van der Waals surface area contributed by atoms with Crippen LogP contribution in [0.3, 0.4) is 0 Å². The highest BCUT2D eigenvalue weighted by Gasteiger charge is 2.30. The van der Waals surface area contributed by atoms with Gasteiger partial charge in [0.15, 0.2) is 6.61 Å². The molecule has 27 heavy (non-hydrogen) atoms. The number of amides is 3. The second kappa shape index (κ2) is 8.13. The van der Waals surface area contributed by atoms with E-state index in [2.05, 4.69) is 5.32 Å². The van der Waals surface area contributed by atoms with Gasteiger partial charge in [0.05, 0.1) is 17.3 Å². The highest BCUT2D eigenvalue weighted by molar-refractivity contribution is 7.10. The molecule has 0 radical (unpaired) electrons. The maximum Gasteiger partial charge on any atom is 0.338 e. The third-order valence-corrected chi connectivity index (χ3v) is 5.13. The molecular weight excluding hydrogens is 368 g/mol. The Kier molecular flexibility index (Phi) is 5.66. The highest BCUT2D eigenvalue weighted by Crippen LogP contribution is 2.23. The Morgan fingerprint density at radius 2 is 1.93 bits per heavy atom. The first kappa shape index (κ1) is 18.8. The number of ether oxygens (including phenoxy) is 1. The van der Waals surface area contributed by atoms with E-state index in [0.717, 1.165) is 9.78 Å². The third-order valence-electron chi connectivity index (χ3n) is 4.07.